The molecule has 0 heterocycles. The van der Waals surface area contributed by atoms with E-state index in [0.717, 1.165) is 5.57 Å². The summed E-state index contributed by atoms with van der Waals surface area (Å²) in [6.07, 6.45) is -0.149. The lowest BCUT2D eigenvalue weighted by atomic mass is 10.0. The second kappa shape index (κ2) is 5.96. The van der Waals surface area contributed by atoms with Crippen molar-refractivity contribution in [3.8, 4) is 0 Å². The van der Waals surface area contributed by atoms with Crippen LogP contribution in [0.1, 0.15) is 12.8 Å². The van der Waals surface area contributed by atoms with Crippen molar-refractivity contribution >= 4 is 29.3 Å². The number of hydrogen-bond donors (Lipinski definition) is 3. The fourth-order valence-corrected chi connectivity index (χ4v) is 2.47. The van der Waals surface area contributed by atoms with Crippen molar-refractivity contribution in [2.75, 3.05) is 5.32 Å². The van der Waals surface area contributed by atoms with Crippen LogP contribution in [-0.2, 0) is 4.79 Å². The number of rotatable bonds is 3. The summed E-state index contributed by atoms with van der Waals surface area (Å²) in [6, 6.07) is 6.33. The van der Waals surface area contributed by atoms with E-state index in [-0.39, 0.29) is 5.91 Å². The summed E-state index contributed by atoms with van der Waals surface area (Å²) >= 11 is 5.78. The van der Waals surface area contributed by atoms with Gasteiger partial charge in [-0.2, -0.15) is 0 Å². The van der Waals surface area contributed by atoms with Gasteiger partial charge in [0.2, 0.25) is 5.91 Å². The smallest absolute Gasteiger partial charge is 0.404 e. The van der Waals surface area contributed by atoms with Crippen molar-refractivity contribution in [2.45, 2.75) is 18.9 Å². The Bertz CT molecular complexity index is 542. The number of anilines is 1. The monoisotopic (exact) mass is 294 g/mol. The van der Waals surface area contributed by atoms with Crippen LogP contribution in [0, 0.1) is 5.92 Å². The number of halogens is 1. The molecule has 0 radical (unpaired) electrons. The minimum absolute atomic E-state index is 0.218. The molecule has 0 spiro atoms. The number of carboxylic acid groups (broad SMARTS) is 1. The predicted octanol–water partition coefficient (Wildman–Crippen LogP) is 2.88. The first kappa shape index (κ1) is 14.4. The molecule has 0 bridgehead atoms. The van der Waals surface area contributed by atoms with Crippen LogP contribution in [-0.4, -0.2) is 23.1 Å². The fourth-order valence-electron chi connectivity index (χ4n) is 2.34. The Morgan fingerprint density at radius 3 is 2.50 bits per heavy atom. The Hall–Kier alpha value is -2.01. The summed E-state index contributed by atoms with van der Waals surface area (Å²) in [6.45, 7) is 3.83. The van der Waals surface area contributed by atoms with Gasteiger partial charge in [0, 0.05) is 16.8 Å². The molecular weight excluding hydrogens is 280 g/mol. The molecule has 1 aliphatic rings. The molecule has 1 saturated carbocycles. The van der Waals surface area contributed by atoms with E-state index < -0.39 is 18.1 Å². The highest BCUT2D eigenvalue weighted by Crippen LogP contribution is 2.30. The van der Waals surface area contributed by atoms with Gasteiger partial charge in [-0.1, -0.05) is 23.8 Å². The van der Waals surface area contributed by atoms with Crippen LogP contribution in [0.2, 0.25) is 5.02 Å². The Morgan fingerprint density at radius 2 is 1.90 bits per heavy atom. The van der Waals surface area contributed by atoms with Crippen molar-refractivity contribution in [3.63, 3.8) is 0 Å². The molecule has 2 rings (SSSR count). The van der Waals surface area contributed by atoms with Crippen LogP contribution >= 0.6 is 11.6 Å². The lowest BCUT2D eigenvalue weighted by molar-refractivity contribution is -0.120. The van der Waals surface area contributed by atoms with E-state index in [9.17, 15) is 9.59 Å². The first-order valence-electron chi connectivity index (χ1n) is 6.18. The minimum Gasteiger partial charge on any atom is -0.465 e. The molecule has 1 fully saturated rings. The van der Waals surface area contributed by atoms with E-state index in [1.807, 2.05) is 0 Å². The summed E-state index contributed by atoms with van der Waals surface area (Å²) in [5.41, 5.74) is 1.51. The van der Waals surface area contributed by atoms with E-state index in [1.165, 1.54) is 0 Å². The van der Waals surface area contributed by atoms with E-state index in [1.54, 1.807) is 24.3 Å². The average Bonchev–Trinajstić information content (AvgIpc) is 2.72. The van der Waals surface area contributed by atoms with Crippen molar-refractivity contribution < 1.29 is 14.7 Å². The molecule has 2 atom stereocenters. The molecule has 6 heteroatoms. The third-order valence-corrected chi connectivity index (χ3v) is 3.51. The van der Waals surface area contributed by atoms with Gasteiger partial charge in [-0.25, -0.2) is 4.79 Å². The number of amides is 2. The zero-order chi connectivity index (χ0) is 14.7. The van der Waals surface area contributed by atoms with Crippen molar-refractivity contribution in [2.24, 2.45) is 5.92 Å². The summed E-state index contributed by atoms with van der Waals surface area (Å²) < 4.78 is 0. The van der Waals surface area contributed by atoms with Crippen molar-refractivity contribution in [1.82, 2.24) is 5.32 Å². The van der Waals surface area contributed by atoms with Crippen molar-refractivity contribution in [1.29, 1.82) is 0 Å². The van der Waals surface area contributed by atoms with E-state index in [4.69, 9.17) is 16.7 Å². The van der Waals surface area contributed by atoms with Gasteiger partial charge in [-0.05, 0) is 37.1 Å². The predicted molar refractivity (Wildman–Crippen MR) is 76.9 cm³/mol. The quantitative estimate of drug-likeness (QED) is 0.750. The van der Waals surface area contributed by atoms with Gasteiger partial charge in [0.05, 0.1) is 5.92 Å². The number of carbonyl (C=O) groups is 2. The molecule has 106 valence electrons. The lowest BCUT2D eigenvalue weighted by Crippen LogP contribution is -2.41. The third kappa shape index (κ3) is 3.51. The maximum Gasteiger partial charge on any atom is 0.404 e. The second-order valence-corrected chi connectivity index (χ2v) is 5.25. The van der Waals surface area contributed by atoms with Gasteiger partial charge in [-0.15, -0.1) is 0 Å². The summed E-state index contributed by atoms with van der Waals surface area (Å²) in [5, 5.41) is 14.5. The molecule has 2 amide bonds. The highest BCUT2D eigenvalue weighted by molar-refractivity contribution is 6.30. The maximum atomic E-state index is 12.2. The molecule has 3 N–H and O–H groups in total. The first-order valence-corrected chi connectivity index (χ1v) is 6.56. The molecule has 2 unspecified atom stereocenters. The first-order chi connectivity index (χ1) is 9.45. The molecule has 1 aliphatic carbocycles. The molecule has 0 saturated heterocycles. The fraction of sp³-hybridized carbons (Fsp3) is 0.286. The highest BCUT2D eigenvalue weighted by Gasteiger charge is 2.36. The topological polar surface area (TPSA) is 78.4 Å². The number of carbonyl (C=O) groups excluding carboxylic acids is 1. The molecule has 0 aliphatic heterocycles. The van der Waals surface area contributed by atoms with E-state index >= 15 is 0 Å². The van der Waals surface area contributed by atoms with Crippen LogP contribution in [0.15, 0.2) is 36.4 Å². The minimum atomic E-state index is -1.13. The lowest BCUT2D eigenvalue weighted by Gasteiger charge is -2.18. The van der Waals surface area contributed by atoms with Crippen LogP contribution < -0.4 is 10.6 Å². The van der Waals surface area contributed by atoms with Gasteiger partial charge in [0.1, 0.15) is 0 Å². The molecule has 0 aromatic heterocycles. The zero-order valence-corrected chi connectivity index (χ0v) is 11.5. The standard InChI is InChI=1S/C14H15ClN2O3/c1-8-6-11(12(7-8)17-14(19)20)13(18)16-10-4-2-9(15)3-5-10/h2-5,11-12,17H,1,6-7H2,(H,16,18)(H,19,20). The molecule has 5 nitrogen and oxygen atoms in total. The Morgan fingerprint density at radius 1 is 1.25 bits per heavy atom. The molecule has 20 heavy (non-hydrogen) atoms. The normalized spacial score (nSPS) is 21.6. The molecular formula is C14H15ClN2O3. The van der Waals surface area contributed by atoms with Crippen molar-refractivity contribution in [3.05, 3.63) is 41.4 Å². The summed E-state index contributed by atoms with van der Waals surface area (Å²) in [4.78, 5) is 23.0. The van der Waals surface area contributed by atoms with Crippen LogP contribution in [0.4, 0.5) is 10.5 Å². The number of benzene rings is 1. The summed E-state index contributed by atoms with van der Waals surface area (Å²) in [5.74, 6) is -0.654. The molecule has 1 aromatic carbocycles. The van der Waals surface area contributed by atoms with Crippen LogP contribution in [0.5, 0.6) is 0 Å². The van der Waals surface area contributed by atoms with E-state index in [0.29, 0.717) is 23.6 Å². The zero-order valence-electron chi connectivity index (χ0n) is 10.7. The van der Waals surface area contributed by atoms with Gasteiger partial charge in [0.25, 0.3) is 0 Å². The van der Waals surface area contributed by atoms with Gasteiger partial charge < -0.3 is 15.7 Å². The average molecular weight is 295 g/mol. The largest absolute Gasteiger partial charge is 0.465 e. The third-order valence-electron chi connectivity index (χ3n) is 3.26. The summed E-state index contributed by atoms with van der Waals surface area (Å²) in [7, 11) is 0. The molecule has 1 aromatic rings. The van der Waals surface area contributed by atoms with Gasteiger partial charge >= 0.3 is 6.09 Å². The SMILES string of the molecule is C=C1CC(NC(=O)O)C(C(=O)Nc2ccc(Cl)cc2)C1. The Labute approximate surface area is 121 Å². The van der Waals surface area contributed by atoms with E-state index in [2.05, 4.69) is 17.2 Å². The van der Waals surface area contributed by atoms with Gasteiger partial charge in [-0.3, -0.25) is 4.79 Å². The highest BCUT2D eigenvalue weighted by atomic mass is 35.5. The Kier molecular flexibility index (Phi) is 4.29. The van der Waals surface area contributed by atoms with Gasteiger partial charge in [0.15, 0.2) is 0 Å². The number of hydrogen-bond acceptors (Lipinski definition) is 2. The Balaban J connectivity index is 2.05. The van der Waals surface area contributed by atoms with Crippen LogP contribution in [0.25, 0.3) is 0 Å². The second-order valence-electron chi connectivity index (χ2n) is 4.82. The maximum absolute atomic E-state index is 12.2. The van der Waals surface area contributed by atoms with Crippen LogP contribution in [0.3, 0.4) is 0 Å². The number of nitrogens with one attached hydrogen (secondary N) is 2.